The molecule has 3 N–H and O–H groups in total. The van der Waals surface area contributed by atoms with E-state index in [1.165, 1.54) is 11.8 Å². The summed E-state index contributed by atoms with van der Waals surface area (Å²) in [4.78, 5) is 11.7. The number of hydrogen-bond donors (Lipinski definition) is 3. The van der Waals surface area contributed by atoms with Crippen LogP contribution in [0.3, 0.4) is 0 Å². The normalized spacial score (nSPS) is 10.4. The number of rotatable bonds is 6. The second kappa shape index (κ2) is 6.65. The van der Waals surface area contributed by atoms with E-state index >= 15 is 0 Å². The lowest BCUT2D eigenvalue weighted by molar-refractivity contribution is 0.102. The van der Waals surface area contributed by atoms with Gasteiger partial charge in [-0.05, 0) is 30.7 Å². The number of nitrogens with zero attached hydrogens (tertiary/aromatic N) is 2. The lowest BCUT2D eigenvalue weighted by Gasteiger charge is -2.06. The monoisotopic (exact) mass is 259 g/mol. The average molecular weight is 259 g/mol. The molecule has 6 heteroatoms. The number of nitrogens with one attached hydrogen (secondary N) is 3. The molecule has 0 fully saturated rings. The number of amides is 1. The van der Waals surface area contributed by atoms with E-state index in [1.54, 1.807) is 0 Å². The van der Waals surface area contributed by atoms with Crippen molar-refractivity contribution in [2.45, 2.75) is 19.9 Å². The summed E-state index contributed by atoms with van der Waals surface area (Å²) in [5.74, 6) is -0.273. The Labute approximate surface area is 111 Å². The van der Waals surface area contributed by atoms with Crippen LogP contribution in [0.25, 0.3) is 0 Å². The van der Waals surface area contributed by atoms with E-state index in [0.29, 0.717) is 0 Å². The second-order valence-electron chi connectivity index (χ2n) is 4.18. The molecular formula is C13H17N5O. The van der Waals surface area contributed by atoms with Gasteiger partial charge in [-0.25, -0.2) is 0 Å². The number of carbonyl (C=O) groups is 1. The predicted molar refractivity (Wildman–Crippen MR) is 72.8 cm³/mol. The van der Waals surface area contributed by atoms with Gasteiger partial charge in [0.05, 0.1) is 6.20 Å². The molecule has 1 heterocycles. The summed E-state index contributed by atoms with van der Waals surface area (Å²) in [6.07, 6.45) is 2.50. The molecule has 0 radical (unpaired) electrons. The van der Waals surface area contributed by atoms with Gasteiger partial charge in [0, 0.05) is 12.2 Å². The fraction of sp³-hybridized carbons (Fsp3) is 0.308. The van der Waals surface area contributed by atoms with Gasteiger partial charge in [-0.2, -0.15) is 15.4 Å². The first kappa shape index (κ1) is 13.2. The Morgan fingerprint density at radius 1 is 1.32 bits per heavy atom. The van der Waals surface area contributed by atoms with Gasteiger partial charge in [0.25, 0.3) is 5.91 Å². The quantitative estimate of drug-likeness (QED) is 0.687. The molecule has 0 spiro atoms. The third-order valence-electron chi connectivity index (χ3n) is 2.62. The number of H-pyrrole nitrogens is 1. The van der Waals surface area contributed by atoms with Crippen LogP contribution in [0, 0.1) is 0 Å². The van der Waals surface area contributed by atoms with Crippen LogP contribution in [-0.2, 0) is 6.54 Å². The summed E-state index contributed by atoms with van der Waals surface area (Å²) in [6, 6.07) is 7.73. The van der Waals surface area contributed by atoms with Gasteiger partial charge in [-0.15, -0.1) is 0 Å². The maximum absolute atomic E-state index is 11.7. The minimum Gasteiger partial charge on any atom is -0.321 e. The van der Waals surface area contributed by atoms with Crippen molar-refractivity contribution in [2.75, 3.05) is 11.9 Å². The van der Waals surface area contributed by atoms with Crippen molar-refractivity contribution in [1.82, 2.24) is 20.7 Å². The van der Waals surface area contributed by atoms with E-state index in [9.17, 15) is 4.79 Å². The first-order chi connectivity index (χ1) is 9.29. The lowest BCUT2D eigenvalue weighted by Crippen LogP contribution is -2.14. The molecule has 0 bridgehead atoms. The van der Waals surface area contributed by atoms with E-state index < -0.39 is 0 Å². The topological polar surface area (TPSA) is 82.7 Å². The molecule has 0 aliphatic carbocycles. The molecule has 2 aromatic rings. The SMILES string of the molecule is CCCNCc1ccc(NC(=O)c2cn[nH]n2)cc1. The van der Waals surface area contributed by atoms with E-state index in [4.69, 9.17) is 0 Å². The predicted octanol–water partition coefficient (Wildman–Crippen LogP) is 1.56. The summed E-state index contributed by atoms with van der Waals surface area (Å²) in [5.41, 5.74) is 2.20. The first-order valence-electron chi connectivity index (χ1n) is 6.26. The molecule has 0 saturated carbocycles. The third kappa shape index (κ3) is 3.89. The van der Waals surface area contributed by atoms with Crippen molar-refractivity contribution in [3.63, 3.8) is 0 Å². The smallest absolute Gasteiger partial charge is 0.277 e. The average Bonchev–Trinajstić information content (AvgIpc) is 2.95. The maximum atomic E-state index is 11.7. The van der Waals surface area contributed by atoms with Crippen molar-refractivity contribution >= 4 is 11.6 Å². The van der Waals surface area contributed by atoms with E-state index in [2.05, 4.69) is 33.0 Å². The first-order valence-corrected chi connectivity index (χ1v) is 6.26. The highest BCUT2D eigenvalue weighted by molar-refractivity contribution is 6.02. The Kier molecular flexibility index (Phi) is 4.63. The molecule has 6 nitrogen and oxygen atoms in total. The third-order valence-corrected chi connectivity index (χ3v) is 2.62. The summed E-state index contributed by atoms with van der Waals surface area (Å²) in [7, 11) is 0. The summed E-state index contributed by atoms with van der Waals surface area (Å²) >= 11 is 0. The van der Waals surface area contributed by atoms with Crippen molar-refractivity contribution in [2.24, 2.45) is 0 Å². The van der Waals surface area contributed by atoms with Crippen molar-refractivity contribution in [1.29, 1.82) is 0 Å². The Balaban J connectivity index is 1.90. The molecule has 0 unspecified atom stereocenters. The molecule has 19 heavy (non-hydrogen) atoms. The van der Waals surface area contributed by atoms with Crippen LogP contribution in [0.2, 0.25) is 0 Å². The van der Waals surface area contributed by atoms with Crippen LogP contribution < -0.4 is 10.6 Å². The van der Waals surface area contributed by atoms with Gasteiger partial charge in [0.2, 0.25) is 0 Å². The maximum Gasteiger partial charge on any atom is 0.277 e. The molecule has 0 atom stereocenters. The Morgan fingerprint density at radius 2 is 2.11 bits per heavy atom. The summed E-state index contributed by atoms with van der Waals surface area (Å²) in [6.45, 7) is 3.98. The number of hydrogen-bond acceptors (Lipinski definition) is 4. The van der Waals surface area contributed by atoms with Gasteiger partial charge >= 0.3 is 0 Å². The highest BCUT2D eigenvalue weighted by Crippen LogP contribution is 2.10. The zero-order valence-electron chi connectivity index (χ0n) is 10.8. The van der Waals surface area contributed by atoms with Crippen LogP contribution in [0.5, 0.6) is 0 Å². The number of aromatic nitrogens is 3. The molecule has 1 aromatic carbocycles. The number of aromatic amines is 1. The number of benzene rings is 1. The molecular weight excluding hydrogens is 242 g/mol. The fourth-order valence-corrected chi connectivity index (χ4v) is 1.62. The molecule has 0 aliphatic heterocycles. The van der Waals surface area contributed by atoms with Crippen molar-refractivity contribution in [3.8, 4) is 0 Å². The highest BCUT2D eigenvalue weighted by atomic mass is 16.2. The summed E-state index contributed by atoms with van der Waals surface area (Å²) < 4.78 is 0. The minimum absolute atomic E-state index is 0.272. The fourth-order valence-electron chi connectivity index (χ4n) is 1.62. The largest absolute Gasteiger partial charge is 0.321 e. The lowest BCUT2D eigenvalue weighted by atomic mass is 10.2. The summed E-state index contributed by atoms with van der Waals surface area (Å²) in [5, 5.41) is 15.8. The highest BCUT2D eigenvalue weighted by Gasteiger charge is 2.08. The van der Waals surface area contributed by atoms with E-state index in [-0.39, 0.29) is 11.6 Å². The molecule has 1 aromatic heterocycles. The zero-order valence-corrected chi connectivity index (χ0v) is 10.8. The van der Waals surface area contributed by atoms with Crippen LogP contribution in [0.4, 0.5) is 5.69 Å². The van der Waals surface area contributed by atoms with Gasteiger partial charge < -0.3 is 10.6 Å². The van der Waals surface area contributed by atoms with Gasteiger partial charge in [-0.1, -0.05) is 19.1 Å². The number of anilines is 1. The molecule has 1 amide bonds. The van der Waals surface area contributed by atoms with Crippen LogP contribution in [0.15, 0.2) is 30.5 Å². The van der Waals surface area contributed by atoms with E-state index in [1.807, 2.05) is 24.3 Å². The number of carbonyl (C=O) groups excluding carboxylic acids is 1. The Morgan fingerprint density at radius 3 is 2.74 bits per heavy atom. The molecule has 0 saturated heterocycles. The van der Waals surface area contributed by atoms with Gasteiger partial charge in [0.1, 0.15) is 0 Å². The van der Waals surface area contributed by atoms with Crippen LogP contribution in [-0.4, -0.2) is 27.9 Å². The Hall–Kier alpha value is -2.21. The molecule has 0 aliphatic rings. The van der Waals surface area contributed by atoms with Gasteiger partial charge in [-0.3, -0.25) is 4.79 Å². The molecule has 2 rings (SSSR count). The van der Waals surface area contributed by atoms with Gasteiger partial charge in [0.15, 0.2) is 5.69 Å². The standard InChI is InChI=1S/C13H17N5O/c1-2-7-14-8-10-3-5-11(6-4-10)16-13(19)12-9-15-18-17-12/h3-6,9,14H,2,7-8H2,1H3,(H,16,19)(H,15,17,18). The Bertz CT molecular complexity index is 506. The van der Waals surface area contributed by atoms with Crippen LogP contribution >= 0.6 is 0 Å². The van der Waals surface area contributed by atoms with Crippen LogP contribution in [0.1, 0.15) is 29.4 Å². The van der Waals surface area contributed by atoms with Crippen molar-refractivity contribution < 1.29 is 4.79 Å². The zero-order chi connectivity index (χ0) is 13.5. The minimum atomic E-state index is -0.273. The molecule has 100 valence electrons. The second-order valence-corrected chi connectivity index (χ2v) is 4.18. The van der Waals surface area contributed by atoms with E-state index in [0.717, 1.165) is 25.2 Å². The van der Waals surface area contributed by atoms with Crippen molar-refractivity contribution in [3.05, 3.63) is 41.7 Å².